The number of aliphatic carboxylic acids is 3. The maximum Gasteiger partial charge on any atom is 0.317 e. The van der Waals surface area contributed by atoms with Crippen molar-refractivity contribution in [1.82, 2.24) is 34.4 Å². The van der Waals surface area contributed by atoms with Gasteiger partial charge in [-0.3, -0.25) is 43.7 Å². The van der Waals surface area contributed by atoms with Crippen molar-refractivity contribution < 1.29 is 49.4 Å². The second-order valence-electron chi connectivity index (χ2n) is 19.5. The van der Waals surface area contributed by atoms with Gasteiger partial charge in [-0.1, -0.05) is 37.1 Å². The van der Waals surface area contributed by atoms with Crippen LogP contribution in [0.25, 0.3) is 10.9 Å². The number of aromatic nitrogens is 1. The fourth-order valence-electron chi connectivity index (χ4n) is 12.1. The van der Waals surface area contributed by atoms with E-state index in [1.165, 1.54) is 18.4 Å². The normalized spacial score (nSPS) is 26.4. The number of amides is 1. The van der Waals surface area contributed by atoms with E-state index in [4.69, 9.17) is 4.74 Å². The lowest BCUT2D eigenvalue weighted by atomic mass is 9.49. The van der Waals surface area contributed by atoms with Crippen molar-refractivity contribution in [3.63, 3.8) is 0 Å². The molecule has 2 saturated heterocycles. The summed E-state index contributed by atoms with van der Waals surface area (Å²) in [7, 11) is 0. The number of carboxylic acids is 3. The third-order valence-electron chi connectivity index (χ3n) is 15.3. The van der Waals surface area contributed by atoms with Crippen LogP contribution >= 0.6 is 0 Å². The Labute approximate surface area is 379 Å². The Morgan fingerprint density at radius 2 is 1.34 bits per heavy atom. The maximum absolute atomic E-state index is 13.3. The van der Waals surface area contributed by atoms with E-state index in [0.29, 0.717) is 77.0 Å². The van der Waals surface area contributed by atoms with Gasteiger partial charge in [0.25, 0.3) is 0 Å². The average Bonchev–Trinajstić information content (AvgIpc) is 3.93. The summed E-state index contributed by atoms with van der Waals surface area (Å²) in [6.07, 6.45) is 7.70. The first kappa shape index (κ1) is 45.4. The molecule has 17 heteroatoms. The standard InChI is InChI=1S/C48H65N7O10/c56-37-12-11-33-25-38-48(64)26-35-34-7-3-4-8-36(34)55(44(35)46-47(48,43(33)45(37)65-46)13-16-54(38)27-32-9-10-32)15-6-2-1-5-14-49-39(57)28-50-17-19-51(29-40(58)59)21-23-53(31-42(62)63)24-22-52(20-18-50)30-41(60)61/h3-4,7-8,11-12,32,38,46,56,64H,1-2,5-6,9-10,13-31H2,(H,49,57)(H,58,59)(H,60,61)(H,62,63)/t38-,46+,47+,48-/m1/s1. The lowest BCUT2D eigenvalue weighted by Gasteiger charge is -2.63. The third kappa shape index (κ3) is 9.07. The van der Waals surface area contributed by atoms with Crippen molar-refractivity contribution >= 4 is 34.7 Å². The number of nitrogens with one attached hydrogen (secondary N) is 1. The number of para-hydroxylation sites is 1. The van der Waals surface area contributed by atoms with Crippen LogP contribution in [0.2, 0.25) is 0 Å². The highest BCUT2D eigenvalue weighted by Gasteiger charge is 2.73. The number of likely N-dealkylation sites (tertiary alicyclic amines) is 1. The lowest BCUT2D eigenvalue weighted by Crippen LogP contribution is -2.74. The molecular formula is C48H65N7O10. The van der Waals surface area contributed by atoms with E-state index in [0.717, 1.165) is 85.9 Å². The Morgan fingerprint density at radius 1 is 0.738 bits per heavy atom. The number of ether oxygens (including phenoxy) is 1. The van der Waals surface area contributed by atoms with E-state index in [9.17, 15) is 44.7 Å². The van der Waals surface area contributed by atoms with Gasteiger partial charge in [-0.25, -0.2) is 0 Å². The monoisotopic (exact) mass is 899 g/mol. The van der Waals surface area contributed by atoms with Gasteiger partial charge in [-0.2, -0.15) is 0 Å². The van der Waals surface area contributed by atoms with Gasteiger partial charge in [0.1, 0.15) is 0 Å². The number of hydrogen-bond acceptors (Lipinski definition) is 12. The summed E-state index contributed by atoms with van der Waals surface area (Å²) < 4.78 is 9.39. The number of piperidine rings is 1. The molecule has 6 aliphatic rings. The molecule has 3 aromatic rings. The van der Waals surface area contributed by atoms with Crippen molar-refractivity contribution in [2.75, 3.05) is 98.2 Å². The predicted molar refractivity (Wildman–Crippen MR) is 240 cm³/mol. The zero-order valence-corrected chi connectivity index (χ0v) is 37.3. The number of nitrogens with zero attached hydrogens (tertiary/aromatic N) is 6. The highest BCUT2D eigenvalue weighted by atomic mass is 16.5. The van der Waals surface area contributed by atoms with Gasteiger partial charge >= 0.3 is 17.9 Å². The number of carbonyl (C=O) groups is 4. The van der Waals surface area contributed by atoms with E-state index >= 15 is 0 Å². The number of aromatic hydroxyl groups is 1. The summed E-state index contributed by atoms with van der Waals surface area (Å²) in [4.78, 5) is 57.8. The first-order chi connectivity index (χ1) is 31.3. The molecule has 1 spiro atoms. The van der Waals surface area contributed by atoms with Gasteiger partial charge in [0.2, 0.25) is 5.91 Å². The summed E-state index contributed by atoms with van der Waals surface area (Å²) in [5.41, 5.74) is 3.93. The maximum atomic E-state index is 13.3. The van der Waals surface area contributed by atoms with Gasteiger partial charge in [0.05, 0.1) is 42.9 Å². The summed E-state index contributed by atoms with van der Waals surface area (Å²) in [6.45, 7) is 5.36. The van der Waals surface area contributed by atoms with Crippen LogP contribution in [-0.2, 0) is 44.0 Å². The van der Waals surface area contributed by atoms with Crippen LogP contribution in [0.3, 0.4) is 0 Å². The molecule has 3 aliphatic heterocycles. The molecule has 4 atom stereocenters. The molecule has 1 aromatic heterocycles. The lowest BCUT2D eigenvalue weighted by molar-refractivity contribution is -0.173. The van der Waals surface area contributed by atoms with E-state index in [-0.39, 0.29) is 43.9 Å². The van der Waals surface area contributed by atoms with Gasteiger partial charge in [0.15, 0.2) is 17.6 Å². The zero-order chi connectivity index (χ0) is 45.5. The average molecular weight is 900 g/mol. The molecular weight excluding hydrogens is 835 g/mol. The Kier molecular flexibility index (Phi) is 13.2. The minimum absolute atomic E-state index is 0.0256. The molecule has 1 amide bonds. The fourth-order valence-corrected chi connectivity index (χ4v) is 12.1. The smallest absolute Gasteiger partial charge is 0.317 e. The molecule has 6 N–H and O–H groups in total. The number of carboxylic acid groups (broad SMARTS) is 3. The number of rotatable bonds is 17. The molecule has 352 valence electrons. The van der Waals surface area contributed by atoms with Crippen LogP contribution < -0.4 is 10.1 Å². The number of carbonyl (C=O) groups excluding carboxylic acids is 1. The molecule has 2 bridgehead atoms. The summed E-state index contributed by atoms with van der Waals surface area (Å²) in [6, 6.07) is 12.3. The van der Waals surface area contributed by atoms with Crippen LogP contribution in [0.15, 0.2) is 36.4 Å². The summed E-state index contributed by atoms with van der Waals surface area (Å²) >= 11 is 0. The van der Waals surface area contributed by atoms with Crippen LogP contribution in [0.5, 0.6) is 11.5 Å². The first-order valence-electron chi connectivity index (χ1n) is 23.7. The Hall–Kier alpha value is -4.78. The first-order valence-corrected chi connectivity index (χ1v) is 23.7. The number of unbranched alkanes of at least 4 members (excludes halogenated alkanes) is 3. The van der Waals surface area contributed by atoms with Crippen LogP contribution in [0, 0.1) is 5.92 Å². The number of phenols is 1. The molecule has 4 heterocycles. The number of benzene rings is 2. The second kappa shape index (κ2) is 18.8. The van der Waals surface area contributed by atoms with Crippen molar-refractivity contribution in [1.29, 1.82) is 0 Å². The van der Waals surface area contributed by atoms with Gasteiger partial charge < -0.3 is 40.2 Å². The minimum Gasteiger partial charge on any atom is -0.504 e. The number of hydrogen-bond donors (Lipinski definition) is 6. The zero-order valence-electron chi connectivity index (χ0n) is 37.3. The van der Waals surface area contributed by atoms with E-state index in [1.807, 2.05) is 4.90 Å². The molecule has 3 fully saturated rings. The molecule has 17 nitrogen and oxygen atoms in total. The Bertz CT molecular complexity index is 2250. The number of fused-ring (bicyclic) bond motifs is 4. The molecule has 9 rings (SSSR count). The number of aryl methyl sites for hydroxylation is 1. The quantitative estimate of drug-likeness (QED) is 0.107. The predicted octanol–water partition coefficient (Wildman–Crippen LogP) is 2.20. The summed E-state index contributed by atoms with van der Waals surface area (Å²) in [5, 5.41) is 57.3. The largest absolute Gasteiger partial charge is 0.504 e. The second-order valence-corrected chi connectivity index (χ2v) is 19.5. The van der Waals surface area contributed by atoms with Gasteiger partial charge in [-0.15, -0.1) is 0 Å². The highest BCUT2D eigenvalue weighted by Crippen LogP contribution is 2.69. The van der Waals surface area contributed by atoms with E-state index in [2.05, 4.69) is 45.1 Å². The summed E-state index contributed by atoms with van der Waals surface area (Å²) in [5.74, 6) is -1.76. The molecule has 65 heavy (non-hydrogen) atoms. The molecule has 0 radical (unpaired) electrons. The van der Waals surface area contributed by atoms with Crippen molar-refractivity contribution in [3.8, 4) is 11.5 Å². The van der Waals surface area contributed by atoms with E-state index < -0.39 is 35.0 Å². The van der Waals surface area contributed by atoms with Crippen molar-refractivity contribution in [3.05, 3.63) is 58.8 Å². The SMILES string of the molecule is O=C(O)CN1CCN(CC(=O)O)CCN(CC(=O)NCCCCCCn2c3c(c4ccccc42)C[C@@]2(O)[C@H]4Cc5ccc(O)c6c5[C@@]2(CCN4CC2CC2)[C@H]3O6)CCN(CC(=O)O)CC1. The topological polar surface area (TPSA) is 212 Å². The third-order valence-corrected chi connectivity index (χ3v) is 15.3. The molecule has 0 unspecified atom stereocenters. The highest BCUT2D eigenvalue weighted by molar-refractivity contribution is 5.87. The van der Waals surface area contributed by atoms with Gasteiger partial charge in [0, 0.05) is 101 Å². The number of phenolic OH excluding ortho intramolecular Hbond substituents is 1. The van der Waals surface area contributed by atoms with Crippen LogP contribution in [0.4, 0.5) is 0 Å². The van der Waals surface area contributed by atoms with Gasteiger partial charge in [-0.05, 0) is 74.2 Å². The fraction of sp³-hybridized carbons (Fsp3) is 0.625. The molecule has 2 aromatic carbocycles. The minimum atomic E-state index is -1.04. The Balaban J connectivity index is 0.825. The van der Waals surface area contributed by atoms with Crippen molar-refractivity contribution in [2.45, 2.75) is 87.5 Å². The number of aliphatic hydroxyl groups is 1. The molecule has 1 saturated carbocycles. The van der Waals surface area contributed by atoms with Crippen molar-refractivity contribution in [2.24, 2.45) is 5.92 Å². The Morgan fingerprint density at radius 3 is 1.95 bits per heavy atom. The van der Waals surface area contributed by atoms with Crippen LogP contribution in [-0.4, -0.2) is 188 Å². The molecule has 3 aliphatic carbocycles. The van der Waals surface area contributed by atoms with E-state index in [1.54, 1.807) is 20.8 Å². The van der Waals surface area contributed by atoms with Crippen LogP contribution in [0.1, 0.15) is 73.4 Å².